The number of halogens is 1. The molecule has 4 fully saturated rings. The molecule has 150 valence electrons. The van der Waals surface area contributed by atoms with Gasteiger partial charge in [0.1, 0.15) is 0 Å². The van der Waals surface area contributed by atoms with Gasteiger partial charge in [0.25, 0.3) is 0 Å². The largest absolute Gasteiger partial charge is 0.342 e. The maximum atomic E-state index is 13.6. The topological polar surface area (TPSA) is 40.6 Å². The molecule has 5 rings (SSSR count). The van der Waals surface area contributed by atoms with Crippen LogP contribution in [0.4, 0.5) is 0 Å². The summed E-state index contributed by atoms with van der Waals surface area (Å²) in [7, 11) is 0. The molecule has 2 heterocycles. The lowest BCUT2D eigenvalue weighted by molar-refractivity contribution is -0.163. The Kier molecular flexibility index (Phi) is 4.65. The molecule has 2 aliphatic carbocycles. The predicted octanol–water partition coefficient (Wildman–Crippen LogP) is 3.77. The first kappa shape index (κ1) is 18.5. The molecule has 2 atom stereocenters. The number of amides is 2. The van der Waals surface area contributed by atoms with Gasteiger partial charge in [-0.2, -0.15) is 0 Å². The number of hydrogen-bond acceptors (Lipinski definition) is 2. The van der Waals surface area contributed by atoms with Gasteiger partial charge in [0.2, 0.25) is 11.8 Å². The normalized spacial score (nSPS) is 28.6. The minimum atomic E-state index is -0.453. The summed E-state index contributed by atoms with van der Waals surface area (Å²) in [6.07, 6.45) is 7.75. The predicted molar refractivity (Wildman–Crippen MR) is 109 cm³/mol. The van der Waals surface area contributed by atoms with Crippen molar-refractivity contribution in [1.29, 1.82) is 0 Å². The van der Waals surface area contributed by atoms with Gasteiger partial charge >= 0.3 is 0 Å². The van der Waals surface area contributed by atoms with Crippen molar-refractivity contribution in [3.05, 3.63) is 34.9 Å². The summed E-state index contributed by atoms with van der Waals surface area (Å²) in [6.45, 7) is 3.00. The summed E-state index contributed by atoms with van der Waals surface area (Å²) in [5.74, 6) is 2.14. The Bertz CT molecular complexity index is 755. The van der Waals surface area contributed by atoms with E-state index >= 15 is 0 Å². The second kappa shape index (κ2) is 7.05. The fraction of sp³-hybridized carbons (Fsp3) is 0.652. The van der Waals surface area contributed by atoms with Crippen LogP contribution < -0.4 is 0 Å². The van der Waals surface area contributed by atoms with Crippen LogP contribution in [0.3, 0.4) is 0 Å². The van der Waals surface area contributed by atoms with Crippen molar-refractivity contribution in [1.82, 2.24) is 9.80 Å². The van der Waals surface area contributed by atoms with Crippen molar-refractivity contribution in [2.24, 2.45) is 23.2 Å². The van der Waals surface area contributed by atoms with Crippen molar-refractivity contribution in [2.45, 2.75) is 44.9 Å². The van der Waals surface area contributed by atoms with E-state index < -0.39 is 5.41 Å². The minimum absolute atomic E-state index is 0.203. The third-order valence-electron chi connectivity index (χ3n) is 7.68. The third kappa shape index (κ3) is 3.14. The molecule has 1 aromatic rings. The van der Waals surface area contributed by atoms with Gasteiger partial charge in [-0.15, -0.1) is 0 Å². The first-order chi connectivity index (χ1) is 13.5. The van der Waals surface area contributed by atoms with Crippen LogP contribution in [0.1, 0.15) is 44.1 Å². The van der Waals surface area contributed by atoms with E-state index in [9.17, 15) is 9.59 Å². The molecular weight excluding hydrogens is 372 g/mol. The molecular formula is C23H29ClN2O2. The van der Waals surface area contributed by atoms with E-state index in [1.54, 1.807) is 0 Å². The summed E-state index contributed by atoms with van der Waals surface area (Å²) in [5, 5.41) is 0.715. The van der Waals surface area contributed by atoms with Gasteiger partial charge in [-0.3, -0.25) is 9.59 Å². The van der Waals surface area contributed by atoms with Gasteiger partial charge in [0.05, 0.1) is 5.41 Å². The van der Waals surface area contributed by atoms with E-state index in [0.717, 1.165) is 37.9 Å². The number of likely N-dealkylation sites (tertiary alicyclic amines) is 2. The number of benzene rings is 1. The van der Waals surface area contributed by atoms with Crippen molar-refractivity contribution < 1.29 is 9.59 Å². The molecule has 2 saturated carbocycles. The van der Waals surface area contributed by atoms with E-state index in [4.69, 9.17) is 11.6 Å². The number of rotatable bonds is 4. The molecule has 0 unspecified atom stereocenters. The monoisotopic (exact) mass is 400 g/mol. The lowest BCUT2D eigenvalue weighted by atomic mass is 9.72. The Hall–Kier alpha value is -1.55. The summed E-state index contributed by atoms with van der Waals surface area (Å²) >= 11 is 6.05. The number of fused-ring (bicyclic) bond motifs is 1. The third-order valence-corrected chi connectivity index (χ3v) is 7.93. The zero-order valence-corrected chi connectivity index (χ0v) is 17.2. The fourth-order valence-corrected chi connectivity index (χ4v) is 5.93. The zero-order chi connectivity index (χ0) is 19.3. The zero-order valence-electron chi connectivity index (χ0n) is 16.4. The van der Waals surface area contributed by atoms with Crippen molar-refractivity contribution in [2.75, 3.05) is 26.2 Å². The Labute approximate surface area is 172 Å². The first-order valence-corrected chi connectivity index (χ1v) is 11.2. The van der Waals surface area contributed by atoms with Gasteiger partial charge < -0.3 is 9.80 Å². The van der Waals surface area contributed by atoms with Gasteiger partial charge in [-0.25, -0.2) is 0 Å². The summed E-state index contributed by atoms with van der Waals surface area (Å²) in [4.78, 5) is 30.4. The second-order valence-corrected chi connectivity index (χ2v) is 10.0. The quantitative estimate of drug-likeness (QED) is 0.771. The Balaban J connectivity index is 1.33. The number of nitrogens with zero attached hydrogens (tertiary/aromatic N) is 2. The Morgan fingerprint density at radius 3 is 2.11 bits per heavy atom. The molecule has 4 nitrogen and oxygen atoms in total. The molecule has 2 saturated heterocycles. The Morgan fingerprint density at radius 2 is 1.54 bits per heavy atom. The SMILES string of the molecule is O=C(C1CCC1)N1CC(Cc2ccc(Cl)cc2)(C(=O)N2C[C@H]3CCC[C@H]3C2)C1. The van der Waals surface area contributed by atoms with Crippen LogP contribution >= 0.6 is 11.6 Å². The minimum Gasteiger partial charge on any atom is -0.342 e. The lowest BCUT2D eigenvalue weighted by Crippen LogP contribution is -2.67. The highest BCUT2D eigenvalue weighted by Crippen LogP contribution is 2.43. The van der Waals surface area contributed by atoms with E-state index in [-0.39, 0.29) is 17.7 Å². The lowest BCUT2D eigenvalue weighted by Gasteiger charge is -2.52. The molecule has 4 aliphatic rings. The van der Waals surface area contributed by atoms with Crippen molar-refractivity contribution >= 4 is 23.4 Å². The molecule has 28 heavy (non-hydrogen) atoms. The maximum absolute atomic E-state index is 13.6. The Morgan fingerprint density at radius 1 is 0.929 bits per heavy atom. The highest BCUT2D eigenvalue weighted by Gasteiger charge is 2.55. The van der Waals surface area contributed by atoms with Gasteiger partial charge in [0, 0.05) is 37.1 Å². The van der Waals surface area contributed by atoms with Gasteiger partial charge in [-0.1, -0.05) is 36.6 Å². The molecule has 0 radical (unpaired) electrons. The smallest absolute Gasteiger partial charge is 0.232 e. The van der Waals surface area contributed by atoms with Crippen LogP contribution in [-0.4, -0.2) is 47.8 Å². The van der Waals surface area contributed by atoms with E-state index in [0.29, 0.717) is 36.4 Å². The molecule has 5 heteroatoms. The van der Waals surface area contributed by atoms with E-state index in [1.807, 2.05) is 29.2 Å². The molecule has 1 aromatic carbocycles. The first-order valence-electron chi connectivity index (χ1n) is 10.9. The molecule has 0 spiro atoms. The maximum Gasteiger partial charge on any atom is 0.232 e. The van der Waals surface area contributed by atoms with Gasteiger partial charge in [0.15, 0.2) is 0 Å². The molecule has 2 amide bonds. The average molecular weight is 401 g/mol. The number of carbonyl (C=O) groups excluding carboxylic acids is 2. The summed E-state index contributed by atoms with van der Waals surface area (Å²) < 4.78 is 0. The van der Waals surface area contributed by atoms with E-state index in [2.05, 4.69) is 4.90 Å². The summed E-state index contributed by atoms with van der Waals surface area (Å²) in [5.41, 5.74) is 0.680. The van der Waals surface area contributed by atoms with Crippen LogP contribution in [0, 0.1) is 23.2 Å². The van der Waals surface area contributed by atoms with Gasteiger partial charge in [-0.05, 0) is 61.6 Å². The van der Waals surface area contributed by atoms with Crippen LogP contribution in [0.5, 0.6) is 0 Å². The highest BCUT2D eigenvalue weighted by atomic mass is 35.5. The molecule has 0 N–H and O–H groups in total. The molecule has 0 bridgehead atoms. The van der Waals surface area contributed by atoms with E-state index in [1.165, 1.54) is 19.3 Å². The average Bonchev–Trinajstić information content (AvgIpc) is 3.19. The van der Waals surface area contributed by atoms with Crippen molar-refractivity contribution in [3.63, 3.8) is 0 Å². The number of carbonyl (C=O) groups is 2. The van der Waals surface area contributed by atoms with Crippen molar-refractivity contribution in [3.8, 4) is 0 Å². The van der Waals surface area contributed by atoms with Crippen LogP contribution in [0.15, 0.2) is 24.3 Å². The second-order valence-electron chi connectivity index (χ2n) is 9.57. The van der Waals surface area contributed by atoms with Crippen LogP contribution in [-0.2, 0) is 16.0 Å². The fourth-order valence-electron chi connectivity index (χ4n) is 5.81. The highest BCUT2D eigenvalue weighted by molar-refractivity contribution is 6.30. The molecule has 0 aromatic heterocycles. The summed E-state index contributed by atoms with van der Waals surface area (Å²) in [6, 6.07) is 7.83. The molecule has 2 aliphatic heterocycles. The van der Waals surface area contributed by atoms with Crippen LogP contribution in [0.2, 0.25) is 5.02 Å². The van der Waals surface area contributed by atoms with Crippen LogP contribution in [0.25, 0.3) is 0 Å². The number of hydrogen-bond donors (Lipinski definition) is 0. The standard InChI is InChI=1S/C23H29ClN2O2/c24-20-9-7-16(8-10-20)11-23(14-26(15-23)21(27)17-3-1-4-17)22(28)25-12-18-5-2-6-19(18)13-25/h7-10,17-19H,1-6,11-15H2/t18-,19+.